The van der Waals surface area contributed by atoms with E-state index < -0.39 is 11.6 Å². The summed E-state index contributed by atoms with van der Waals surface area (Å²) in [7, 11) is 0. The van der Waals surface area contributed by atoms with Gasteiger partial charge in [0.15, 0.2) is 0 Å². The highest BCUT2D eigenvalue weighted by Crippen LogP contribution is 2.31. The van der Waals surface area contributed by atoms with E-state index >= 15 is 0 Å². The van der Waals surface area contributed by atoms with Gasteiger partial charge < -0.3 is 0 Å². The van der Waals surface area contributed by atoms with Crippen LogP contribution in [0.2, 0.25) is 0 Å². The molecule has 0 saturated heterocycles. The summed E-state index contributed by atoms with van der Waals surface area (Å²) in [6.45, 7) is 0. The van der Waals surface area contributed by atoms with E-state index in [0.717, 1.165) is 24.8 Å². The first kappa shape index (κ1) is 13.4. The highest BCUT2D eigenvalue weighted by Gasteiger charge is 2.19. The Labute approximate surface area is 107 Å². The summed E-state index contributed by atoms with van der Waals surface area (Å²) < 4.78 is 26.5. The van der Waals surface area contributed by atoms with Crippen LogP contribution in [0, 0.1) is 17.6 Å². The van der Waals surface area contributed by atoms with Crippen LogP contribution in [0.3, 0.4) is 0 Å². The zero-order valence-corrected chi connectivity index (χ0v) is 10.5. The van der Waals surface area contributed by atoms with Crippen LogP contribution < -0.4 is 11.3 Å². The van der Waals surface area contributed by atoms with Gasteiger partial charge in [-0.1, -0.05) is 31.7 Å². The van der Waals surface area contributed by atoms with Gasteiger partial charge in [-0.05, 0) is 24.8 Å². The number of hydrogen-bond donors (Lipinski definition) is 2. The predicted octanol–water partition coefficient (Wildman–Crippen LogP) is 3.44. The lowest BCUT2D eigenvalue weighted by molar-refractivity contribution is 0.406. The van der Waals surface area contributed by atoms with E-state index in [2.05, 4.69) is 5.43 Å². The topological polar surface area (TPSA) is 38.0 Å². The average Bonchev–Trinajstić information content (AvgIpc) is 2.85. The monoisotopic (exact) mass is 254 g/mol. The Kier molecular flexibility index (Phi) is 4.66. The van der Waals surface area contributed by atoms with Crippen LogP contribution in [0.4, 0.5) is 8.78 Å². The Balaban J connectivity index is 1.98. The number of halogens is 2. The minimum atomic E-state index is -0.553. The summed E-state index contributed by atoms with van der Waals surface area (Å²) in [4.78, 5) is 0. The fraction of sp³-hybridized carbons (Fsp3) is 0.571. The van der Waals surface area contributed by atoms with Gasteiger partial charge in [-0.3, -0.25) is 11.3 Å². The molecule has 1 atom stereocenters. The van der Waals surface area contributed by atoms with Crippen LogP contribution in [0.25, 0.3) is 0 Å². The number of nitrogens with one attached hydrogen (secondary N) is 1. The molecule has 0 aliphatic heterocycles. The van der Waals surface area contributed by atoms with Gasteiger partial charge in [0.25, 0.3) is 0 Å². The molecule has 1 aromatic rings. The molecular weight excluding hydrogens is 234 g/mol. The largest absolute Gasteiger partial charge is 0.271 e. The van der Waals surface area contributed by atoms with Gasteiger partial charge in [0.2, 0.25) is 0 Å². The van der Waals surface area contributed by atoms with Crippen molar-refractivity contribution in [2.24, 2.45) is 11.8 Å². The lowest BCUT2D eigenvalue weighted by Gasteiger charge is -2.19. The van der Waals surface area contributed by atoms with E-state index in [-0.39, 0.29) is 6.04 Å². The molecule has 4 heteroatoms. The average molecular weight is 254 g/mol. The Morgan fingerprint density at radius 3 is 2.61 bits per heavy atom. The van der Waals surface area contributed by atoms with Crippen molar-refractivity contribution in [2.45, 2.75) is 44.6 Å². The molecule has 2 rings (SSSR count). The molecule has 0 aromatic heterocycles. The quantitative estimate of drug-likeness (QED) is 0.624. The zero-order valence-electron chi connectivity index (χ0n) is 10.5. The normalized spacial score (nSPS) is 18.2. The number of rotatable bonds is 5. The molecule has 1 unspecified atom stereocenters. The van der Waals surface area contributed by atoms with Gasteiger partial charge in [-0.25, -0.2) is 8.78 Å². The van der Waals surface area contributed by atoms with Crippen molar-refractivity contribution in [1.82, 2.24) is 5.43 Å². The highest BCUT2D eigenvalue weighted by atomic mass is 19.1. The van der Waals surface area contributed by atoms with E-state index in [1.807, 2.05) is 0 Å². The third-order valence-corrected chi connectivity index (χ3v) is 3.88. The molecule has 3 N–H and O–H groups in total. The maximum absolute atomic E-state index is 13.7. The summed E-state index contributed by atoms with van der Waals surface area (Å²) >= 11 is 0. The lowest BCUT2D eigenvalue weighted by Crippen LogP contribution is -2.29. The second kappa shape index (κ2) is 6.25. The van der Waals surface area contributed by atoms with Crippen LogP contribution >= 0.6 is 0 Å². The second-order valence-electron chi connectivity index (χ2n) is 5.11. The molecule has 100 valence electrons. The summed E-state index contributed by atoms with van der Waals surface area (Å²) in [6, 6.07) is 3.43. The molecule has 0 bridgehead atoms. The molecule has 2 nitrogen and oxygen atoms in total. The maximum Gasteiger partial charge on any atom is 0.130 e. The molecule has 0 radical (unpaired) electrons. The molecular formula is C14H20F2N2. The van der Waals surface area contributed by atoms with Gasteiger partial charge in [0.05, 0.1) is 0 Å². The Bertz CT molecular complexity index is 389. The summed E-state index contributed by atoms with van der Waals surface area (Å²) in [5, 5.41) is 0. The molecule has 1 aliphatic rings. The van der Waals surface area contributed by atoms with Gasteiger partial charge in [-0.2, -0.15) is 0 Å². The Hall–Kier alpha value is -1.00. The van der Waals surface area contributed by atoms with Crippen molar-refractivity contribution in [1.29, 1.82) is 0 Å². The van der Waals surface area contributed by atoms with E-state index in [1.54, 1.807) is 0 Å². The van der Waals surface area contributed by atoms with E-state index in [0.29, 0.717) is 5.56 Å². The van der Waals surface area contributed by atoms with E-state index in [1.165, 1.54) is 37.8 Å². The van der Waals surface area contributed by atoms with Gasteiger partial charge in [0, 0.05) is 17.7 Å². The van der Waals surface area contributed by atoms with Crippen molar-refractivity contribution >= 4 is 0 Å². The van der Waals surface area contributed by atoms with E-state index in [9.17, 15) is 8.78 Å². The van der Waals surface area contributed by atoms with Crippen LogP contribution in [0.15, 0.2) is 18.2 Å². The van der Waals surface area contributed by atoms with Crippen molar-refractivity contribution in [2.75, 3.05) is 0 Å². The third-order valence-electron chi connectivity index (χ3n) is 3.88. The fourth-order valence-electron chi connectivity index (χ4n) is 2.81. The molecule has 1 aliphatic carbocycles. The Morgan fingerprint density at radius 2 is 2.00 bits per heavy atom. The number of hydrazine groups is 1. The van der Waals surface area contributed by atoms with Crippen LogP contribution in [0.1, 0.15) is 50.1 Å². The predicted molar refractivity (Wildman–Crippen MR) is 67.6 cm³/mol. The minimum Gasteiger partial charge on any atom is -0.271 e. The smallest absolute Gasteiger partial charge is 0.130 e. The summed E-state index contributed by atoms with van der Waals surface area (Å²) in [5.74, 6) is 5.15. The standard InChI is InChI=1S/C14H20F2N2/c15-11-6-7-12(13(16)9-11)14(18-17)8-5-10-3-1-2-4-10/h6-7,9-10,14,18H,1-5,8,17H2. The molecule has 0 spiro atoms. The summed E-state index contributed by atoms with van der Waals surface area (Å²) in [6.07, 6.45) is 6.98. The van der Waals surface area contributed by atoms with Crippen molar-refractivity contribution in [3.63, 3.8) is 0 Å². The molecule has 0 heterocycles. The number of nitrogens with two attached hydrogens (primary N) is 1. The first-order valence-corrected chi connectivity index (χ1v) is 6.62. The van der Waals surface area contributed by atoms with Gasteiger partial charge >= 0.3 is 0 Å². The minimum absolute atomic E-state index is 0.230. The Morgan fingerprint density at radius 1 is 1.28 bits per heavy atom. The highest BCUT2D eigenvalue weighted by molar-refractivity contribution is 5.22. The zero-order chi connectivity index (χ0) is 13.0. The molecule has 1 fully saturated rings. The van der Waals surface area contributed by atoms with Crippen molar-refractivity contribution < 1.29 is 8.78 Å². The lowest BCUT2D eigenvalue weighted by atomic mass is 9.95. The fourth-order valence-corrected chi connectivity index (χ4v) is 2.81. The second-order valence-corrected chi connectivity index (χ2v) is 5.11. The van der Waals surface area contributed by atoms with Gasteiger partial charge in [-0.15, -0.1) is 0 Å². The summed E-state index contributed by atoms with van der Waals surface area (Å²) in [5.41, 5.74) is 3.10. The molecule has 1 saturated carbocycles. The maximum atomic E-state index is 13.7. The van der Waals surface area contributed by atoms with Crippen LogP contribution in [0.5, 0.6) is 0 Å². The van der Waals surface area contributed by atoms with Crippen molar-refractivity contribution in [3.8, 4) is 0 Å². The first-order chi connectivity index (χ1) is 8.70. The molecule has 1 aromatic carbocycles. The number of benzene rings is 1. The van der Waals surface area contributed by atoms with Gasteiger partial charge in [0.1, 0.15) is 11.6 Å². The van der Waals surface area contributed by atoms with Crippen molar-refractivity contribution in [3.05, 3.63) is 35.4 Å². The first-order valence-electron chi connectivity index (χ1n) is 6.62. The van der Waals surface area contributed by atoms with Crippen LogP contribution in [-0.2, 0) is 0 Å². The molecule has 18 heavy (non-hydrogen) atoms. The number of hydrogen-bond acceptors (Lipinski definition) is 2. The van der Waals surface area contributed by atoms with E-state index in [4.69, 9.17) is 5.84 Å². The molecule has 0 amide bonds. The third kappa shape index (κ3) is 3.27. The van der Waals surface area contributed by atoms with Crippen LogP contribution in [-0.4, -0.2) is 0 Å². The SMILES string of the molecule is NNC(CCC1CCCC1)c1ccc(F)cc1F.